The number of guanidine groups is 1. The van der Waals surface area contributed by atoms with Crippen molar-refractivity contribution in [1.82, 2.24) is 19.8 Å². The van der Waals surface area contributed by atoms with Crippen LogP contribution in [0, 0.1) is 6.92 Å². The number of anilines is 1. The Balaban J connectivity index is 1.31. The average Bonchev–Trinajstić information content (AvgIpc) is 2.86. The fraction of sp³-hybridized carbons (Fsp3) is 0.280. The monoisotopic (exact) mass is 541 g/mol. The van der Waals surface area contributed by atoms with Crippen molar-refractivity contribution in [3.05, 3.63) is 86.8 Å². The van der Waals surface area contributed by atoms with Gasteiger partial charge in [-0.05, 0) is 30.2 Å². The normalized spacial score (nSPS) is 14.6. The van der Waals surface area contributed by atoms with Crippen LogP contribution in [-0.2, 0) is 12.3 Å². The van der Waals surface area contributed by atoms with Crippen LogP contribution in [0.1, 0.15) is 16.8 Å². The van der Waals surface area contributed by atoms with Crippen LogP contribution in [-0.4, -0.2) is 56.2 Å². The third kappa shape index (κ3) is 7.30. The predicted octanol–water partition coefficient (Wildman–Crippen LogP) is 4.13. The van der Waals surface area contributed by atoms with E-state index in [0.717, 1.165) is 48.3 Å². The van der Waals surface area contributed by atoms with Crippen molar-refractivity contribution in [2.24, 2.45) is 10.7 Å². The molecule has 4 rings (SSSR count). The minimum absolute atomic E-state index is 0.0946. The minimum Gasteiger partial charge on any atom is -0.369 e. The van der Waals surface area contributed by atoms with Gasteiger partial charge in [-0.1, -0.05) is 72.0 Å². The lowest BCUT2D eigenvalue weighted by Gasteiger charge is -2.35. The second kappa shape index (κ2) is 12.4. The summed E-state index contributed by atoms with van der Waals surface area (Å²) in [5, 5.41) is 3.61. The molecule has 11 heteroatoms. The van der Waals surface area contributed by atoms with Crippen molar-refractivity contribution >= 4 is 57.5 Å². The number of hydrogen-bond donors (Lipinski definition) is 3. The second-order valence-electron chi connectivity index (χ2n) is 8.40. The summed E-state index contributed by atoms with van der Waals surface area (Å²) in [6.45, 7) is 6.49. The lowest BCUT2D eigenvalue weighted by molar-refractivity contribution is 0.179. The SMILES string of the molecule is Cc1c(Cl)cccc1N/C(N)=N/c1nc(CSC(=S)N2CCN(Cc3ccccc3)CC2)cc(=O)[nH]1. The van der Waals surface area contributed by atoms with E-state index in [1.54, 1.807) is 6.07 Å². The zero-order chi connectivity index (χ0) is 25.5. The van der Waals surface area contributed by atoms with E-state index in [1.807, 2.05) is 25.1 Å². The van der Waals surface area contributed by atoms with Gasteiger partial charge in [-0.3, -0.25) is 14.7 Å². The molecule has 0 aliphatic carbocycles. The molecule has 0 saturated carbocycles. The molecule has 0 amide bonds. The van der Waals surface area contributed by atoms with E-state index in [-0.39, 0.29) is 17.5 Å². The van der Waals surface area contributed by atoms with Gasteiger partial charge < -0.3 is 16.0 Å². The summed E-state index contributed by atoms with van der Waals surface area (Å²) < 4.78 is 0.805. The van der Waals surface area contributed by atoms with Crippen LogP contribution in [0.2, 0.25) is 5.02 Å². The number of piperazine rings is 1. The molecule has 1 aromatic heterocycles. The van der Waals surface area contributed by atoms with Crippen LogP contribution < -0.4 is 16.6 Å². The summed E-state index contributed by atoms with van der Waals surface area (Å²) in [5.74, 6) is 0.691. The molecule has 1 aliphatic heterocycles. The first-order valence-electron chi connectivity index (χ1n) is 11.5. The molecule has 0 atom stereocenters. The summed E-state index contributed by atoms with van der Waals surface area (Å²) in [5.41, 5.74) is 9.21. The molecule has 188 valence electrons. The average molecular weight is 542 g/mol. The fourth-order valence-electron chi connectivity index (χ4n) is 3.80. The molecular formula is C25H28ClN7OS2. The predicted molar refractivity (Wildman–Crippen MR) is 153 cm³/mol. The summed E-state index contributed by atoms with van der Waals surface area (Å²) in [6, 6.07) is 17.4. The molecular weight excluding hydrogens is 514 g/mol. The second-order valence-corrected chi connectivity index (χ2v) is 10.4. The van der Waals surface area contributed by atoms with E-state index in [9.17, 15) is 4.79 Å². The van der Waals surface area contributed by atoms with E-state index < -0.39 is 0 Å². The number of H-pyrrole nitrogens is 1. The van der Waals surface area contributed by atoms with Gasteiger partial charge in [0, 0.05) is 55.3 Å². The highest BCUT2D eigenvalue weighted by atomic mass is 35.5. The molecule has 0 radical (unpaired) electrons. The number of rotatable bonds is 6. The van der Waals surface area contributed by atoms with E-state index >= 15 is 0 Å². The van der Waals surface area contributed by atoms with E-state index in [2.05, 4.69) is 54.3 Å². The maximum absolute atomic E-state index is 12.2. The Morgan fingerprint density at radius 3 is 2.69 bits per heavy atom. The first-order chi connectivity index (χ1) is 17.4. The van der Waals surface area contributed by atoms with Gasteiger partial charge in [-0.2, -0.15) is 4.99 Å². The van der Waals surface area contributed by atoms with Crippen molar-refractivity contribution in [1.29, 1.82) is 0 Å². The Kier molecular flexibility index (Phi) is 8.98. The molecule has 0 unspecified atom stereocenters. The van der Waals surface area contributed by atoms with Crippen molar-refractivity contribution in [3.63, 3.8) is 0 Å². The van der Waals surface area contributed by atoms with Crippen molar-refractivity contribution in [2.45, 2.75) is 19.2 Å². The zero-order valence-corrected chi connectivity index (χ0v) is 22.3. The van der Waals surface area contributed by atoms with Crippen molar-refractivity contribution in [3.8, 4) is 0 Å². The summed E-state index contributed by atoms with van der Waals surface area (Å²) in [7, 11) is 0. The van der Waals surface area contributed by atoms with Crippen LogP contribution in [0.15, 0.2) is 64.4 Å². The first-order valence-corrected chi connectivity index (χ1v) is 13.3. The smallest absolute Gasteiger partial charge is 0.252 e. The van der Waals surface area contributed by atoms with E-state index in [0.29, 0.717) is 16.5 Å². The van der Waals surface area contributed by atoms with Gasteiger partial charge in [0.05, 0.1) is 5.69 Å². The molecule has 0 bridgehead atoms. The molecule has 36 heavy (non-hydrogen) atoms. The maximum atomic E-state index is 12.2. The Morgan fingerprint density at radius 2 is 1.94 bits per heavy atom. The van der Waals surface area contributed by atoms with Gasteiger partial charge in [0.15, 0.2) is 0 Å². The van der Waals surface area contributed by atoms with Crippen LogP contribution >= 0.6 is 35.6 Å². The standard InChI is InChI=1S/C25H28ClN7OS2/c1-17-20(26)8-5-9-21(17)29-23(27)31-24-28-19(14-22(34)30-24)16-36-25(35)33-12-10-32(11-13-33)15-18-6-3-2-4-7-18/h2-9,14H,10-13,15-16H2,1H3,(H4,27,28,29,30,31,34). The van der Waals surface area contributed by atoms with Crippen LogP contribution in [0.4, 0.5) is 11.6 Å². The first kappa shape index (κ1) is 26.2. The number of thioether (sulfide) groups is 1. The Labute approximate surface area is 225 Å². The Bertz CT molecular complexity index is 1290. The number of aromatic nitrogens is 2. The van der Waals surface area contributed by atoms with E-state index in [4.69, 9.17) is 29.6 Å². The van der Waals surface area contributed by atoms with Gasteiger partial charge in [0.1, 0.15) is 4.32 Å². The third-order valence-corrected chi connectivity index (χ3v) is 7.73. The van der Waals surface area contributed by atoms with Gasteiger partial charge in [-0.25, -0.2) is 4.98 Å². The van der Waals surface area contributed by atoms with Crippen molar-refractivity contribution < 1.29 is 0 Å². The summed E-state index contributed by atoms with van der Waals surface area (Å²) in [6.07, 6.45) is 0. The molecule has 2 heterocycles. The quantitative estimate of drug-likeness (QED) is 0.243. The molecule has 8 nitrogen and oxygen atoms in total. The van der Waals surface area contributed by atoms with Gasteiger partial charge in [-0.15, -0.1) is 0 Å². The summed E-state index contributed by atoms with van der Waals surface area (Å²) in [4.78, 5) is 28.1. The topological polar surface area (TPSA) is 103 Å². The maximum Gasteiger partial charge on any atom is 0.252 e. The number of benzene rings is 2. The van der Waals surface area contributed by atoms with Gasteiger partial charge >= 0.3 is 0 Å². The zero-order valence-electron chi connectivity index (χ0n) is 19.9. The third-order valence-electron chi connectivity index (χ3n) is 5.76. The number of hydrogen-bond acceptors (Lipinski definition) is 6. The number of aliphatic imine (C=N–C) groups is 1. The Morgan fingerprint density at radius 1 is 1.19 bits per heavy atom. The molecule has 1 aliphatic rings. The lowest BCUT2D eigenvalue weighted by atomic mass is 10.2. The fourth-order valence-corrected chi connectivity index (χ4v) is 5.12. The number of halogens is 1. The highest BCUT2D eigenvalue weighted by molar-refractivity contribution is 8.22. The van der Waals surface area contributed by atoms with Crippen LogP contribution in [0.5, 0.6) is 0 Å². The minimum atomic E-state index is -0.300. The number of nitrogens with one attached hydrogen (secondary N) is 2. The Hall–Kier alpha value is -2.92. The lowest BCUT2D eigenvalue weighted by Crippen LogP contribution is -2.47. The van der Waals surface area contributed by atoms with Crippen molar-refractivity contribution in [2.75, 3.05) is 31.5 Å². The van der Waals surface area contributed by atoms with Crippen LogP contribution in [0.3, 0.4) is 0 Å². The summed E-state index contributed by atoms with van der Waals surface area (Å²) >= 11 is 13.3. The van der Waals surface area contributed by atoms with Gasteiger partial charge in [0.2, 0.25) is 11.9 Å². The van der Waals surface area contributed by atoms with E-state index in [1.165, 1.54) is 23.4 Å². The molecule has 4 N–H and O–H groups in total. The number of thiocarbonyl (C=S) groups is 1. The highest BCUT2D eigenvalue weighted by Gasteiger charge is 2.19. The number of nitrogens with two attached hydrogens (primary N) is 1. The molecule has 1 saturated heterocycles. The number of nitrogens with zero attached hydrogens (tertiary/aromatic N) is 4. The molecule has 0 spiro atoms. The largest absolute Gasteiger partial charge is 0.369 e. The van der Waals surface area contributed by atoms with Gasteiger partial charge in [0.25, 0.3) is 5.56 Å². The highest BCUT2D eigenvalue weighted by Crippen LogP contribution is 2.23. The number of aromatic amines is 1. The molecule has 3 aromatic rings. The molecule has 1 fully saturated rings. The van der Waals surface area contributed by atoms with Crippen LogP contribution in [0.25, 0.3) is 0 Å². The molecule has 2 aromatic carbocycles.